The first-order valence-corrected chi connectivity index (χ1v) is 35.6. The third-order valence-electron chi connectivity index (χ3n) is 19.2. The van der Waals surface area contributed by atoms with Gasteiger partial charge < -0.3 is 66.4 Å². The summed E-state index contributed by atoms with van der Waals surface area (Å²) in [5, 5.41) is 27.4. The lowest BCUT2D eigenvalue weighted by Gasteiger charge is -2.39. The first-order chi connectivity index (χ1) is 48.3. The van der Waals surface area contributed by atoms with Crippen LogP contribution in [-0.2, 0) is 83.2 Å². The fraction of sp³-hybridized carbons (Fsp3) is 0.532. The van der Waals surface area contributed by atoms with E-state index in [1.807, 2.05) is 58.0 Å². The number of hydrogen-bond acceptors (Lipinski definition) is 13. The van der Waals surface area contributed by atoms with E-state index in [0.717, 1.165) is 34.6 Å². The number of aliphatic hydroxyl groups excluding tert-OH is 1. The number of likely N-dealkylation sites (tertiary alicyclic amines) is 1. The molecule has 12 atom stereocenters. The molecule has 25 heteroatoms. The summed E-state index contributed by atoms with van der Waals surface area (Å²) in [5.74, 6) is -10.7. The summed E-state index contributed by atoms with van der Waals surface area (Å²) in [4.78, 5) is 188. The van der Waals surface area contributed by atoms with E-state index in [2.05, 4.69) is 31.9 Å². The molecule has 4 aromatic rings. The highest BCUT2D eigenvalue weighted by molar-refractivity contribution is 6.01. The number of nitrogens with zero attached hydrogens (tertiary/aromatic N) is 6. The largest absolute Gasteiger partial charge is 0.391 e. The molecule has 0 bridgehead atoms. The first-order valence-electron chi connectivity index (χ1n) is 35.6. The van der Waals surface area contributed by atoms with Gasteiger partial charge in [-0.05, 0) is 92.9 Å². The monoisotopic (exact) mass is 1410 g/mol. The highest BCUT2D eigenvalue weighted by Gasteiger charge is 2.44. The standard InChI is InChI=1S/C77H108N12O13/c1-47(2)40-60-69(94)81-59(73(98)85(11)61(44-55-34-24-17-25-35-55)70(95)80-58(43-54-32-22-16-23-33-54)74(99)89-38-28-19-29-39-89)46-64(91)82-65(49(5)6)71(96)78-50(7)67(92)83-66(52(9)90)77(102)84(10)51(8)68(93)79-57(42-53-30-20-15-21-31-53)72(97)87(13)62(41-48(3)4)75(100)88(14)63(76(101)86(60)12)45-56-36-26-18-27-37-56/h15-18,20-27,30-37,47-52,57-63,65-66,90H,19,28-29,38-46H2,1-14H3,(H,78,96)(H,79,93)(H,80,95)(H,81,94)(H,82,91)(H,83,92)/t50-,51-,52+,57-,58-,59-,60-,61-,62-,63-,65-,66-/m0/s1. The van der Waals surface area contributed by atoms with Gasteiger partial charge in [0.05, 0.1) is 12.5 Å². The van der Waals surface area contributed by atoms with Gasteiger partial charge in [-0.3, -0.25) is 57.5 Å². The van der Waals surface area contributed by atoms with Gasteiger partial charge in [-0.1, -0.05) is 163 Å². The molecule has 102 heavy (non-hydrogen) atoms. The Kier molecular flexibility index (Phi) is 30.7. The van der Waals surface area contributed by atoms with Crippen LogP contribution >= 0.6 is 0 Å². The summed E-state index contributed by atoms with van der Waals surface area (Å²) in [6.45, 7) is 15.5. The van der Waals surface area contributed by atoms with Gasteiger partial charge >= 0.3 is 0 Å². The molecule has 12 amide bonds. The number of hydrogen-bond donors (Lipinski definition) is 7. The van der Waals surface area contributed by atoms with E-state index in [9.17, 15) is 33.9 Å². The third kappa shape index (κ3) is 22.7. The quantitative estimate of drug-likeness (QED) is 0.0707. The van der Waals surface area contributed by atoms with Crippen LogP contribution in [-0.4, -0.2) is 226 Å². The lowest BCUT2D eigenvalue weighted by atomic mass is 9.96. The SMILES string of the molecule is CC(C)C[C@H]1C(=O)N(C)[C@@H](Cc2ccccc2)C(=O)N(C)[C@@H](CC(C)C)C(=O)N[C@H](C(=O)N(C)[C@@H](Cc2ccccc2)C(=O)N[C@@H](Cc2ccccc2)C(=O)N2CCCCC2)CC(=O)N[C@@H](C(C)C)C(=O)N[C@@H](C)C(=O)N[C@@H]([C@@H](C)O)C(=O)N(C)[C@@H](C)C(=O)N[C@@H](Cc2ccccc2)C(=O)N1C. The molecule has 4 aromatic carbocycles. The Morgan fingerprint density at radius 2 is 0.990 bits per heavy atom. The molecule has 0 unspecified atom stereocenters. The summed E-state index contributed by atoms with van der Waals surface area (Å²) in [5.41, 5.74) is 2.66. The van der Waals surface area contributed by atoms with Crippen molar-refractivity contribution in [1.82, 2.24) is 61.3 Å². The van der Waals surface area contributed by atoms with Gasteiger partial charge in [0.15, 0.2) is 0 Å². The Bertz CT molecular complexity index is 3500. The van der Waals surface area contributed by atoms with Gasteiger partial charge in [-0.25, -0.2) is 0 Å². The minimum absolute atomic E-state index is 0.0246. The van der Waals surface area contributed by atoms with Crippen LogP contribution in [0.15, 0.2) is 121 Å². The zero-order valence-corrected chi connectivity index (χ0v) is 61.7. The predicted octanol–water partition coefficient (Wildman–Crippen LogP) is 3.59. The maximum absolute atomic E-state index is 15.8. The number of piperidine rings is 1. The van der Waals surface area contributed by atoms with Crippen LogP contribution in [0.2, 0.25) is 0 Å². The lowest BCUT2D eigenvalue weighted by molar-refractivity contribution is -0.153. The second-order valence-corrected chi connectivity index (χ2v) is 28.5. The fourth-order valence-electron chi connectivity index (χ4n) is 12.8. The molecule has 2 saturated heterocycles. The van der Waals surface area contributed by atoms with Crippen LogP contribution in [0, 0.1) is 17.8 Å². The zero-order chi connectivity index (χ0) is 75.2. The second kappa shape index (κ2) is 38.5. The number of benzene rings is 4. The minimum Gasteiger partial charge on any atom is -0.391 e. The second-order valence-electron chi connectivity index (χ2n) is 28.5. The molecule has 2 aliphatic rings. The first kappa shape index (κ1) is 81.4. The number of nitrogens with one attached hydrogen (secondary N) is 6. The van der Waals surface area contributed by atoms with Gasteiger partial charge in [-0.2, -0.15) is 0 Å². The molecule has 2 aliphatic heterocycles. The van der Waals surface area contributed by atoms with Crippen LogP contribution in [0.5, 0.6) is 0 Å². The highest BCUT2D eigenvalue weighted by Crippen LogP contribution is 2.24. The molecule has 0 spiro atoms. The normalized spacial score (nSPS) is 23.5. The molecule has 0 radical (unpaired) electrons. The fourth-order valence-corrected chi connectivity index (χ4v) is 12.8. The Labute approximate surface area is 601 Å². The summed E-state index contributed by atoms with van der Waals surface area (Å²) >= 11 is 0. The van der Waals surface area contributed by atoms with Crippen molar-refractivity contribution in [3.05, 3.63) is 144 Å². The van der Waals surface area contributed by atoms with Crippen molar-refractivity contribution in [3.8, 4) is 0 Å². The zero-order valence-electron chi connectivity index (χ0n) is 61.7. The number of likely N-dealkylation sites (N-methyl/N-ethyl adjacent to an activating group) is 5. The maximum atomic E-state index is 15.8. The predicted molar refractivity (Wildman–Crippen MR) is 387 cm³/mol. The van der Waals surface area contributed by atoms with Gasteiger partial charge in [0.1, 0.15) is 66.5 Å². The van der Waals surface area contributed by atoms with Gasteiger partial charge in [-0.15, -0.1) is 0 Å². The Hall–Kier alpha value is -9.52. The van der Waals surface area contributed by atoms with Crippen LogP contribution < -0.4 is 31.9 Å². The molecule has 25 nitrogen and oxygen atoms in total. The molecule has 2 fully saturated rings. The molecular formula is C77H108N12O13. The van der Waals surface area contributed by atoms with E-state index in [-0.39, 0.29) is 56.3 Å². The lowest BCUT2D eigenvalue weighted by Crippen LogP contribution is -2.62. The molecule has 7 N–H and O–H groups in total. The minimum atomic E-state index is -1.84. The number of aliphatic hydroxyl groups is 1. The smallest absolute Gasteiger partial charge is 0.248 e. The molecule has 0 aromatic heterocycles. The van der Waals surface area contributed by atoms with Crippen LogP contribution in [0.25, 0.3) is 0 Å². The van der Waals surface area contributed by atoms with Gasteiger partial charge in [0.2, 0.25) is 70.9 Å². The van der Waals surface area contributed by atoms with Crippen molar-refractivity contribution < 1.29 is 62.6 Å². The number of amides is 12. The van der Waals surface area contributed by atoms with Crippen LogP contribution in [0.4, 0.5) is 0 Å². The third-order valence-corrected chi connectivity index (χ3v) is 19.2. The van der Waals surface area contributed by atoms with Crippen molar-refractivity contribution in [1.29, 1.82) is 0 Å². The van der Waals surface area contributed by atoms with Crippen LogP contribution in [0.3, 0.4) is 0 Å². The van der Waals surface area contributed by atoms with Crippen molar-refractivity contribution in [2.45, 2.75) is 199 Å². The van der Waals surface area contributed by atoms with E-state index >= 15 is 28.8 Å². The molecule has 0 saturated carbocycles. The summed E-state index contributed by atoms with van der Waals surface area (Å²) in [6, 6.07) is 20.2. The molecular weight excluding hydrogens is 1300 g/mol. The Morgan fingerprint density at radius 1 is 0.510 bits per heavy atom. The summed E-state index contributed by atoms with van der Waals surface area (Å²) in [7, 11) is 6.90. The Balaban J connectivity index is 1.50. The van der Waals surface area contributed by atoms with E-state index in [0.29, 0.717) is 29.8 Å². The molecule has 0 aliphatic carbocycles. The molecule has 2 heterocycles. The molecule has 6 rings (SSSR count). The van der Waals surface area contributed by atoms with E-state index in [1.165, 1.54) is 70.7 Å². The van der Waals surface area contributed by atoms with E-state index < -0.39 is 150 Å². The maximum Gasteiger partial charge on any atom is 0.248 e. The summed E-state index contributed by atoms with van der Waals surface area (Å²) in [6.07, 6.45) is 0.00430. The van der Waals surface area contributed by atoms with E-state index in [4.69, 9.17) is 0 Å². The topological polar surface area (TPSA) is 317 Å². The van der Waals surface area contributed by atoms with Gasteiger partial charge in [0.25, 0.3) is 0 Å². The summed E-state index contributed by atoms with van der Waals surface area (Å²) < 4.78 is 0. The van der Waals surface area contributed by atoms with E-state index in [1.54, 1.807) is 110 Å². The van der Waals surface area contributed by atoms with Crippen molar-refractivity contribution in [2.24, 2.45) is 17.8 Å². The van der Waals surface area contributed by atoms with Crippen LogP contribution in [0.1, 0.15) is 123 Å². The average molecular weight is 1410 g/mol. The number of carbonyl (C=O) groups excluding carboxylic acids is 12. The number of carbonyl (C=O) groups is 12. The highest BCUT2D eigenvalue weighted by atomic mass is 16.3. The molecule has 554 valence electrons. The average Bonchev–Trinajstić information content (AvgIpc) is 0.809. The van der Waals surface area contributed by atoms with Crippen molar-refractivity contribution in [3.63, 3.8) is 0 Å². The number of rotatable bonds is 19. The Morgan fingerprint density at radius 3 is 1.51 bits per heavy atom. The van der Waals surface area contributed by atoms with Crippen molar-refractivity contribution in [2.75, 3.05) is 48.3 Å². The van der Waals surface area contributed by atoms with Gasteiger partial charge in [0, 0.05) is 74.0 Å². The van der Waals surface area contributed by atoms with Crippen molar-refractivity contribution >= 4 is 70.9 Å².